The summed E-state index contributed by atoms with van der Waals surface area (Å²) in [5.74, 6) is 1.21. The lowest BCUT2D eigenvalue weighted by Crippen LogP contribution is -2.05. The molecule has 0 amide bonds. The van der Waals surface area contributed by atoms with Gasteiger partial charge >= 0.3 is 0 Å². The van der Waals surface area contributed by atoms with E-state index in [0.29, 0.717) is 0 Å². The highest BCUT2D eigenvalue weighted by molar-refractivity contribution is 8.06. The van der Waals surface area contributed by atoms with E-state index < -0.39 is 0 Å². The van der Waals surface area contributed by atoms with Gasteiger partial charge in [-0.2, -0.15) is 0 Å². The quantitative estimate of drug-likeness (QED) is 0.710. The van der Waals surface area contributed by atoms with Gasteiger partial charge in [-0.1, -0.05) is 49.4 Å². The lowest BCUT2D eigenvalue weighted by Gasteiger charge is -2.22. The Morgan fingerprint density at radius 1 is 1.00 bits per heavy atom. The van der Waals surface area contributed by atoms with Gasteiger partial charge in [0.05, 0.1) is 0 Å². The monoisotopic (exact) mass is 258 g/mol. The van der Waals surface area contributed by atoms with Crippen molar-refractivity contribution in [2.45, 2.75) is 22.0 Å². The van der Waals surface area contributed by atoms with Gasteiger partial charge in [0.1, 0.15) is 0 Å². The molecule has 86 valence electrons. The summed E-state index contributed by atoms with van der Waals surface area (Å²) in [6.45, 7) is 2.30. The third-order valence-corrected chi connectivity index (χ3v) is 5.75. The molecule has 0 bridgehead atoms. The van der Waals surface area contributed by atoms with E-state index in [1.54, 1.807) is 0 Å². The van der Waals surface area contributed by atoms with E-state index in [4.69, 9.17) is 0 Å². The van der Waals surface area contributed by atoms with Crippen LogP contribution in [-0.2, 0) is 0 Å². The van der Waals surface area contributed by atoms with Crippen LogP contribution in [0.3, 0.4) is 0 Å². The van der Waals surface area contributed by atoms with Gasteiger partial charge in [0.15, 0.2) is 0 Å². The minimum atomic E-state index is 0.721. The second kappa shape index (κ2) is 4.79. The van der Waals surface area contributed by atoms with Gasteiger partial charge in [0.2, 0.25) is 0 Å². The Morgan fingerprint density at radius 3 is 2.65 bits per heavy atom. The average molecular weight is 258 g/mol. The smallest absolute Gasteiger partial charge is 0.0287 e. The molecule has 0 aromatic heterocycles. The Kier molecular flexibility index (Phi) is 3.17. The molecule has 0 aliphatic carbocycles. The molecule has 1 aliphatic rings. The Bertz CT molecular complexity index is 520. The molecule has 0 N–H and O–H groups in total. The third kappa shape index (κ3) is 2.24. The Balaban J connectivity index is 2.10. The van der Waals surface area contributed by atoms with Crippen LogP contribution in [0.1, 0.15) is 6.92 Å². The first-order chi connectivity index (χ1) is 8.34. The fourth-order valence-electron chi connectivity index (χ4n) is 2.05. The van der Waals surface area contributed by atoms with Crippen molar-refractivity contribution in [1.29, 1.82) is 0 Å². The maximum atomic E-state index is 2.30. The second-order valence-corrected chi connectivity index (χ2v) is 6.75. The maximum absolute atomic E-state index is 2.30. The number of hydrogen-bond donors (Lipinski definition) is 0. The van der Waals surface area contributed by atoms with Crippen LogP contribution in [0, 0.1) is 0 Å². The van der Waals surface area contributed by atoms with E-state index in [1.165, 1.54) is 26.7 Å². The molecule has 0 radical (unpaired) electrons. The van der Waals surface area contributed by atoms with E-state index in [1.807, 2.05) is 23.5 Å². The summed E-state index contributed by atoms with van der Waals surface area (Å²) in [6.07, 6.45) is 0. The van der Waals surface area contributed by atoms with Crippen LogP contribution in [0.4, 0.5) is 0 Å². The summed E-state index contributed by atoms with van der Waals surface area (Å²) >= 11 is 4.00. The normalized spacial score (nSPS) is 18.8. The zero-order valence-electron chi connectivity index (χ0n) is 9.72. The Hall–Kier alpha value is -0.860. The summed E-state index contributed by atoms with van der Waals surface area (Å²) in [5, 5.41) is 0.721. The van der Waals surface area contributed by atoms with Gasteiger partial charge in [-0.15, -0.1) is 23.5 Å². The molecular weight excluding hydrogens is 244 g/mol. The van der Waals surface area contributed by atoms with Crippen LogP contribution >= 0.6 is 23.5 Å². The standard InChI is InChI=1S/C15H14S2/c1-11-10-16-15-13(8-5-9-14(15)17-11)12-6-3-2-4-7-12/h2-9,11H,10H2,1H3. The summed E-state index contributed by atoms with van der Waals surface area (Å²) < 4.78 is 0. The SMILES string of the molecule is CC1CSc2c(cccc2-c2ccccc2)S1. The minimum absolute atomic E-state index is 0.721. The molecule has 3 rings (SSSR count). The van der Waals surface area contributed by atoms with Gasteiger partial charge in [-0.05, 0) is 17.2 Å². The lowest BCUT2D eigenvalue weighted by atomic mass is 10.1. The fourth-order valence-corrected chi connectivity index (χ4v) is 4.61. The van der Waals surface area contributed by atoms with Crippen molar-refractivity contribution in [3.05, 3.63) is 48.5 Å². The molecule has 0 nitrogen and oxygen atoms in total. The van der Waals surface area contributed by atoms with E-state index in [-0.39, 0.29) is 0 Å². The average Bonchev–Trinajstić information content (AvgIpc) is 2.39. The predicted octanol–water partition coefficient (Wildman–Crippen LogP) is 4.94. The van der Waals surface area contributed by atoms with Crippen molar-refractivity contribution < 1.29 is 0 Å². The molecular formula is C15H14S2. The number of thioether (sulfide) groups is 2. The van der Waals surface area contributed by atoms with Gasteiger partial charge < -0.3 is 0 Å². The van der Waals surface area contributed by atoms with Crippen molar-refractivity contribution in [2.75, 3.05) is 5.75 Å². The molecule has 2 heteroatoms. The van der Waals surface area contributed by atoms with Gasteiger partial charge in [0.25, 0.3) is 0 Å². The Labute approximate surface area is 111 Å². The highest BCUT2D eigenvalue weighted by Crippen LogP contribution is 2.45. The number of hydrogen-bond acceptors (Lipinski definition) is 2. The van der Waals surface area contributed by atoms with Gasteiger partial charge in [-0.3, -0.25) is 0 Å². The molecule has 0 fully saturated rings. The summed E-state index contributed by atoms with van der Waals surface area (Å²) in [4.78, 5) is 2.90. The zero-order valence-corrected chi connectivity index (χ0v) is 11.4. The molecule has 0 spiro atoms. The van der Waals surface area contributed by atoms with Crippen LogP contribution in [0.2, 0.25) is 0 Å². The largest absolute Gasteiger partial charge is 0.123 e. The molecule has 1 heterocycles. The molecule has 17 heavy (non-hydrogen) atoms. The topological polar surface area (TPSA) is 0 Å². The van der Waals surface area contributed by atoms with Gasteiger partial charge in [0, 0.05) is 20.8 Å². The second-order valence-electron chi connectivity index (χ2n) is 4.24. The van der Waals surface area contributed by atoms with Gasteiger partial charge in [-0.25, -0.2) is 0 Å². The predicted molar refractivity (Wildman–Crippen MR) is 77.9 cm³/mol. The van der Waals surface area contributed by atoms with Crippen molar-refractivity contribution in [3.8, 4) is 11.1 Å². The molecule has 0 saturated carbocycles. The molecule has 1 aliphatic heterocycles. The molecule has 1 unspecified atom stereocenters. The highest BCUT2D eigenvalue weighted by Gasteiger charge is 2.19. The number of benzene rings is 2. The summed E-state index contributed by atoms with van der Waals surface area (Å²) in [7, 11) is 0. The van der Waals surface area contributed by atoms with E-state index in [0.717, 1.165) is 5.25 Å². The van der Waals surface area contributed by atoms with Crippen LogP contribution < -0.4 is 0 Å². The first-order valence-corrected chi connectivity index (χ1v) is 7.69. The van der Waals surface area contributed by atoms with Crippen molar-refractivity contribution in [1.82, 2.24) is 0 Å². The van der Waals surface area contributed by atoms with E-state index in [2.05, 4.69) is 55.5 Å². The van der Waals surface area contributed by atoms with Crippen LogP contribution in [-0.4, -0.2) is 11.0 Å². The highest BCUT2D eigenvalue weighted by atomic mass is 32.2. The Morgan fingerprint density at radius 2 is 1.82 bits per heavy atom. The summed E-state index contributed by atoms with van der Waals surface area (Å²) in [6, 6.07) is 17.3. The van der Waals surface area contributed by atoms with Crippen molar-refractivity contribution in [3.63, 3.8) is 0 Å². The first kappa shape index (κ1) is 11.2. The van der Waals surface area contributed by atoms with Crippen LogP contribution in [0.25, 0.3) is 11.1 Å². The minimum Gasteiger partial charge on any atom is -0.123 e. The van der Waals surface area contributed by atoms with E-state index in [9.17, 15) is 0 Å². The van der Waals surface area contributed by atoms with Crippen LogP contribution in [0.5, 0.6) is 0 Å². The molecule has 2 aromatic rings. The molecule has 2 aromatic carbocycles. The number of rotatable bonds is 1. The lowest BCUT2D eigenvalue weighted by molar-refractivity contribution is 1.08. The fraction of sp³-hybridized carbons (Fsp3) is 0.200. The molecule has 0 saturated heterocycles. The van der Waals surface area contributed by atoms with Crippen LogP contribution in [0.15, 0.2) is 58.3 Å². The summed E-state index contributed by atoms with van der Waals surface area (Å²) in [5.41, 5.74) is 2.71. The molecule has 1 atom stereocenters. The number of fused-ring (bicyclic) bond motifs is 1. The zero-order chi connectivity index (χ0) is 11.7. The van der Waals surface area contributed by atoms with Crippen molar-refractivity contribution >= 4 is 23.5 Å². The van der Waals surface area contributed by atoms with Crippen molar-refractivity contribution in [2.24, 2.45) is 0 Å². The maximum Gasteiger partial charge on any atom is 0.0287 e. The first-order valence-electron chi connectivity index (χ1n) is 5.82. The third-order valence-electron chi connectivity index (χ3n) is 2.85. The van der Waals surface area contributed by atoms with E-state index >= 15 is 0 Å².